The maximum Gasteiger partial charge on any atom is 0.355 e. The molecule has 0 radical (unpaired) electrons. The number of aromatic nitrogens is 1. The van der Waals surface area contributed by atoms with E-state index in [0.29, 0.717) is 17.2 Å². The summed E-state index contributed by atoms with van der Waals surface area (Å²) >= 11 is 0. The topological polar surface area (TPSA) is 69.8 Å². The molecule has 0 fully saturated rings. The number of rotatable bonds is 7. The number of benzene rings is 2. The van der Waals surface area contributed by atoms with Gasteiger partial charge in [0.15, 0.2) is 0 Å². The fraction of sp³-hybridized carbons (Fsp3) is 0.227. The lowest BCUT2D eigenvalue weighted by molar-refractivity contribution is 0.0521. The Kier molecular flexibility index (Phi) is 5.89. The van der Waals surface area contributed by atoms with Crippen LogP contribution in [0.15, 0.2) is 48.7 Å². The zero-order valence-electron chi connectivity index (χ0n) is 16.4. The molecule has 1 heterocycles. The van der Waals surface area contributed by atoms with Gasteiger partial charge in [0, 0.05) is 23.4 Å². The van der Waals surface area contributed by atoms with Crippen LogP contribution in [0.5, 0.6) is 17.2 Å². The number of ether oxygens (including phenoxy) is 4. The quantitative estimate of drug-likeness (QED) is 0.608. The number of hydrogen-bond acceptors (Lipinski definition) is 5. The van der Waals surface area contributed by atoms with E-state index in [-0.39, 0.29) is 6.61 Å². The molecule has 0 aliphatic rings. The van der Waals surface area contributed by atoms with Gasteiger partial charge in [-0.1, -0.05) is 12.1 Å². The Labute approximate surface area is 164 Å². The predicted molar refractivity (Wildman–Crippen MR) is 107 cm³/mol. The average molecular weight is 381 g/mol. The van der Waals surface area contributed by atoms with Crippen LogP contribution in [0.4, 0.5) is 0 Å². The molecule has 0 saturated carbocycles. The molecular formula is C22H23NO5. The normalized spacial score (nSPS) is 10.4. The Morgan fingerprint density at radius 1 is 0.857 bits per heavy atom. The van der Waals surface area contributed by atoms with Crippen LogP contribution in [0.25, 0.3) is 22.3 Å². The second-order valence-corrected chi connectivity index (χ2v) is 6.00. The summed E-state index contributed by atoms with van der Waals surface area (Å²) in [5, 5.41) is 0. The minimum Gasteiger partial charge on any atom is -0.497 e. The molecule has 1 N–H and O–H groups in total. The number of carbonyl (C=O) groups excluding carboxylic acids is 1. The molecule has 0 spiro atoms. The van der Waals surface area contributed by atoms with Crippen molar-refractivity contribution in [2.24, 2.45) is 0 Å². The summed E-state index contributed by atoms with van der Waals surface area (Å²) in [5.41, 5.74) is 3.68. The number of aromatic amines is 1. The molecule has 28 heavy (non-hydrogen) atoms. The first kappa shape index (κ1) is 19.4. The van der Waals surface area contributed by atoms with E-state index >= 15 is 0 Å². The highest BCUT2D eigenvalue weighted by Gasteiger charge is 2.22. The summed E-state index contributed by atoms with van der Waals surface area (Å²) < 4.78 is 21.3. The largest absolute Gasteiger partial charge is 0.497 e. The van der Waals surface area contributed by atoms with Crippen molar-refractivity contribution >= 4 is 5.97 Å². The molecule has 0 saturated heterocycles. The summed E-state index contributed by atoms with van der Waals surface area (Å²) in [5.74, 6) is 1.60. The lowest BCUT2D eigenvalue weighted by Crippen LogP contribution is -2.06. The highest BCUT2D eigenvalue weighted by molar-refractivity contribution is 6.01. The zero-order valence-corrected chi connectivity index (χ0v) is 16.4. The maximum absolute atomic E-state index is 12.6. The Bertz CT molecular complexity index is 937. The molecule has 0 amide bonds. The van der Waals surface area contributed by atoms with E-state index < -0.39 is 5.97 Å². The van der Waals surface area contributed by atoms with E-state index in [0.717, 1.165) is 28.0 Å². The molecule has 1 aromatic heterocycles. The number of esters is 1. The molecular weight excluding hydrogens is 358 g/mol. The van der Waals surface area contributed by atoms with Crippen molar-refractivity contribution in [1.82, 2.24) is 4.98 Å². The number of hydrogen-bond donors (Lipinski definition) is 1. The van der Waals surface area contributed by atoms with Crippen molar-refractivity contribution in [1.29, 1.82) is 0 Å². The Balaban J connectivity index is 2.21. The third-order valence-corrected chi connectivity index (χ3v) is 4.40. The Hall–Kier alpha value is -3.41. The predicted octanol–water partition coefficient (Wildman–Crippen LogP) is 4.55. The second-order valence-electron chi connectivity index (χ2n) is 6.00. The van der Waals surface area contributed by atoms with Crippen LogP contribution in [0.2, 0.25) is 0 Å². The summed E-state index contributed by atoms with van der Waals surface area (Å²) in [4.78, 5) is 15.6. The molecule has 0 bridgehead atoms. The SMILES string of the molecule is CCOC(=O)c1[nH]cc(-c2ccc(OC)cc2)c1-c1cc(OC)cc(OC)c1. The smallest absolute Gasteiger partial charge is 0.355 e. The summed E-state index contributed by atoms with van der Waals surface area (Å²) in [7, 11) is 4.80. The molecule has 6 heteroatoms. The van der Waals surface area contributed by atoms with Gasteiger partial charge < -0.3 is 23.9 Å². The monoisotopic (exact) mass is 381 g/mol. The van der Waals surface area contributed by atoms with E-state index in [1.54, 1.807) is 40.5 Å². The van der Waals surface area contributed by atoms with Crippen LogP contribution in [-0.2, 0) is 4.74 Å². The minimum atomic E-state index is -0.418. The number of nitrogens with one attached hydrogen (secondary N) is 1. The molecule has 6 nitrogen and oxygen atoms in total. The summed E-state index contributed by atoms with van der Waals surface area (Å²) in [6, 6.07) is 13.1. The Morgan fingerprint density at radius 3 is 2.00 bits per heavy atom. The highest BCUT2D eigenvalue weighted by Crippen LogP contribution is 2.39. The third-order valence-electron chi connectivity index (χ3n) is 4.40. The molecule has 2 aromatic carbocycles. The first-order chi connectivity index (χ1) is 13.6. The van der Waals surface area contributed by atoms with Gasteiger partial charge in [0.25, 0.3) is 0 Å². The first-order valence-corrected chi connectivity index (χ1v) is 8.87. The van der Waals surface area contributed by atoms with E-state index in [1.807, 2.05) is 36.4 Å². The van der Waals surface area contributed by atoms with Gasteiger partial charge >= 0.3 is 5.97 Å². The molecule has 3 aromatic rings. The van der Waals surface area contributed by atoms with Crippen molar-refractivity contribution in [3.05, 3.63) is 54.4 Å². The van der Waals surface area contributed by atoms with E-state index in [1.165, 1.54) is 0 Å². The van der Waals surface area contributed by atoms with E-state index in [9.17, 15) is 4.79 Å². The zero-order chi connectivity index (χ0) is 20.1. The van der Waals surface area contributed by atoms with Gasteiger partial charge in [-0.15, -0.1) is 0 Å². The van der Waals surface area contributed by atoms with Crippen LogP contribution in [-0.4, -0.2) is 38.9 Å². The Morgan fingerprint density at radius 2 is 1.46 bits per heavy atom. The molecule has 3 rings (SSSR count). The van der Waals surface area contributed by atoms with Crippen molar-refractivity contribution in [3.63, 3.8) is 0 Å². The van der Waals surface area contributed by atoms with E-state index in [2.05, 4.69) is 4.98 Å². The lowest BCUT2D eigenvalue weighted by atomic mass is 9.96. The molecule has 0 atom stereocenters. The standard InChI is InChI=1S/C22H23NO5/c1-5-28-22(24)21-20(15-10-17(26-3)12-18(11-15)27-4)19(13-23-21)14-6-8-16(25-2)9-7-14/h6-13,23H,5H2,1-4H3. The van der Waals surface area contributed by atoms with Gasteiger partial charge in [-0.25, -0.2) is 4.79 Å². The highest BCUT2D eigenvalue weighted by atomic mass is 16.5. The fourth-order valence-corrected chi connectivity index (χ4v) is 3.04. The average Bonchev–Trinajstić information content (AvgIpc) is 3.18. The first-order valence-electron chi connectivity index (χ1n) is 8.87. The van der Waals surface area contributed by atoms with Gasteiger partial charge in [-0.2, -0.15) is 0 Å². The lowest BCUT2D eigenvalue weighted by Gasteiger charge is -2.12. The fourth-order valence-electron chi connectivity index (χ4n) is 3.04. The van der Waals surface area contributed by atoms with Crippen LogP contribution < -0.4 is 14.2 Å². The minimum absolute atomic E-state index is 0.288. The van der Waals surface area contributed by atoms with Gasteiger partial charge in [-0.3, -0.25) is 0 Å². The molecule has 146 valence electrons. The van der Waals surface area contributed by atoms with Crippen LogP contribution in [0, 0.1) is 0 Å². The number of H-pyrrole nitrogens is 1. The van der Waals surface area contributed by atoms with Crippen molar-refractivity contribution in [3.8, 4) is 39.5 Å². The molecule has 0 aliphatic heterocycles. The van der Waals surface area contributed by atoms with Crippen molar-refractivity contribution < 1.29 is 23.7 Å². The number of methoxy groups -OCH3 is 3. The van der Waals surface area contributed by atoms with Gasteiger partial charge in [0.05, 0.1) is 27.9 Å². The number of carbonyl (C=O) groups is 1. The van der Waals surface area contributed by atoms with Crippen molar-refractivity contribution in [2.45, 2.75) is 6.92 Å². The summed E-state index contributed by atoms with van der Waals surface area (Å²) in [6.45, 7) is 2.07. The van der Waals surface area contributed by atoms with Crippen LogP contribution in [0.3, 0.4) is 0 Å². The van der Waals surface area contributed by atoms with Gasteiger partial charge in [0.2, 0.25) is 0 Å². The van der Waals surface area contributed by atoms with Crippen molar-refractivity contribution in [2.75, 3.05) is 27.9 Å². The van der Waals surface area contributed by atoms with Crippen LogP contribution in [0.1, 0.15) is 17.4 Å². The molecule has 0 aliphatic carbocycles. The van der Waals surface area contributed by atoms with Crippen LogP contribution >= 0.6 is 0 Å². The van der Waals surface area contributed by atoms with Gasteiger partial charge in [-0.05, 0) is 42.3 Å². The third kappa shape index (κ3) is 3.81. The maximum atomic E-state index is 12.6. The van der Waals surface area contributed by atoms with E-state index in [4.69, 9.17) is 18.9 Å². The molecule has 0 unspecified atom stereocenters. The summed E-state index contributed by atoms with van der Waals surface area (Å²) in [6.07, 6.45) is 1.80. The second kappa shape index (κ2) is 8.52. The van der Waals surface area contributed by atoms with Gasteiger partial charge in [0.1, 0.15) is 22.9 Å².